The number of ether oxygens (including phenoxy) is 2. The molecule has 5 rings (SSSR count). The minimum absolute atomic E-state index is 0.279. The third kappa shape index (κ3) is 3.02. The number of nitrogens with zero attached hydrogens (tertiary/aromatic N) is 6. The van der Waals surface area contributed by atoms with Crippen molar-refractivity contribution in [1.29, 1.82) is 0 Å². The number of hydrogen-bond acceptors (Lipinski definition) is 6. The molecule has 0 N–H and O–H groups in total. The highest BCUT2D eigenvalue weighted by Gasteiger charge is 2.14. The number of rotatable bonds is 5. The van der Waals surface area contributed by atoms with Crippen molar-refractivity contribution in [3.05, 3.63) is 71.9 Å². The Kier molecular flexibility index (Phi) is 4.31. The monoisotopic (exact) mass is 400 g/mol. The molecule has 0 radical (unpaired) electrons. The molecule has 0 aliphatic carbocycles. The van der Waals surface area contributed by atoms with E-state index in [0.29, 0.717) is 17.1 Å². The van der Waals surface area contributed by atoms with Gasteiger partial charge in [-0.1, -0.05) is 18.2 Å². The van der Waals surface area contributed by atoms with Crippen LogP contribution in [0.25, 0.3) is 22.4 Å². The fraction of sp³-hybridized carbons (Fsp3) is 0.182. The van der Waals surface area contributed by atoms with Gasteiger partial charge in [0.05, 0.1) is 24.4 Å². The van der Waals surface area contributed by atoms with Crippen molar-refractivity contribution in [2.75, 3.05) is 7.11 Å². The third-order valence-corrected chi connectivity index (χ3v) is 5.02. The van der Waals surface area contributed by atoms with E-state index in [-0.39, 0.29) is 6.61 Å². The molecule has 5 aromatic rings. The van der Waals surface area contributed by atoms with Crippen LogP contribution in [0.2, 0.25) is 0 Å². The van der Waals surface area contributed by atoms with Crippen LogP contribution in [0.1, 0.15) is 17.0 Å². The second kappa shape index (κ2) is 7.14. The van der Waals surface area contributed by atoms with Crippen molar-refractivity contribution in [1.82, 2.24) is 29.4 Å². The number of hydrogen-bond donors (Lipinski definition) is 0. The zero-order chi connectivity index (χ0) is 20.7. The van der Waals surface area contributed by atoms with E-state index in [1.165, 1.54) is 0 Å². The maximum atomic E-state index is 6.00. The molecule has 8 heteroatoms. The number of benzene rings is 2. The van der Waals surface area contributed by atoms with Crippen molar-refractivity contribution in [3.8, 4) is 17.2 Å². The summed E-state index contributed by atoms with van der Waals surface area (Å²) in [4.78, 5) is 9.20. The number of aryl methyl sites for hydroxylation is 2. The molecule has 0 aliphatic rings. The van der Waals surface area contributed by atoms with E-state index < -0.39 is 0 Å². The smallest absolute Gasteiger partial charge is 0.189 e. The molecule has 8 nitrogen and oxygen atoms in total. The Balaban J connectivity index is 1.49. The van der Waals surface area contributed by atoms with Gasteiger partial charge in [-0.2, -0.15) is 5.10 Å². The lowest BCUT2D eigenvalue weighted by atomic mass is 10.1. The van der Waals surface area contributed by atoms with Gasteiger partial charge >= 0.3 is 0 Å². The molecule has 3 heterocycles. The summed E-state index contributed by atoms with van der Waals surface area (Å²) < 4.78 is 14.7. The van der Waals surface area contributed by atoms with Gasteiger partial charge in [-0.05, 0) is 49.2 Å². The van der Waals surface area contributed by atoms with E-state index in [1.807, 2.05) is 56.3 Å². The van der Waals surface area contributed by atoms with Gasteiger partial charge in [0.2, 0.25) is 0 Å². The average molecular weight is 400 g/mol. The molecule has 0 fully saturated rings. The van der Waals surface area contributed by atoms with Crippen LogP contribution in [0.15, 0.2) is 55.0 Å². The van der Waals surface area contributed by atoms with Crippen molar-refractivity contribution in [3.63, 3.8) is 0 Å². The number of para-hydroxylation sites is 1. The number of methoxy groups -OCH3 is 1. The molecule has 0 saturated heterocycles. The Bertz CT molecular complexity index is 1330. The topological polar surface area (TPSA) is 79.4 Å². The number of fused-ring (bicyclic) bond motifs is 3. The highest BCUT2D eigenvalue weighted by molar-refractivity contribution is 5.89. The Hall–Kier alpha value is -3.94. The highest BCUT2D eigenvalue weighted by Crippen LogP contribution is 2.24. The van der Waals surface area contributed by atoms with Crippen LogP contribution in [0.5, 0.6) is 11.5 Å². The van der Waals surface area contributed by atoms with Gasteiger partial charge in [0.15, 0.2) is 17.1 Å². The molecule has 0 aliphatic heterocycles. The van der Waals surface area contributed by atoms with Gasteiger partial charge in [-0.25, -0.2) is 19.2 Å². The first-order valence-corrected chi connectivity index (χ1v) is 9.55. The largest absolute Gasteiger partial charge is 0.497 e. The van der Waals surface area contributed by atoms with Crippen LogP contribution in [-0.2, 0) is 6.61 Å². The van der Waals surface area contributed by atoms with E-state index >= 15 is 0 Å². The highest BCUT2D eigenvalue weighted by atomic mass is 16.5. The minimum atomic E-state index is 0.279. The van der Waals surface area contributed by atoms with E-state index in [4.69, 9.17) is 9.47 Å². The Morgan fingerprint density at radius 3 is 2.47 bits per heavy atom. The first kappa shape index (κ1) is 18.1. The molecule has 0 unspecified atom stereocenters. The van der Waals surface area contributed by atoms with Gasteiger partial charge < -0.3 is 9.47 Å². The summed E-state index contributed by atoms with van der Waals surface area (Å²) in [5, 5.41) is 9.82. The van der Waals surface area contributed by atoms with Gasteiger partial charge in [0.25, 0.3) is 0 Å². The molecule has 30 heavy (non-hydrogen) atoms. The second-order valence-electron chi connectivity index (χ2n) is 7.04. The maximum absolute atomic E-state index is 6.00. The fourth-order valence-electron chi connectivity index (χ4n) is 3.50. The van der Waals surface area contributed by atoms with Crippen LogP contribution in [-0.4, -0.2) is 36.5 Å². The summed E-state index contributed by atoms with van der Waals surface area (Å²) in [6.07, 6.45) is 3.40. The van der Waals surface area contributed by atoms with Crippen molar-refractivity contribution in [2.45, 2.75) is 20.5 Å². The summed E-state index contributed by atoms with van der Waals surface area (Å²) >= 11 is 0. The lowest BCUT2D eigenvalue weighted by molar-refractivity contribution is 0.292. The van der Waals surface area contributed by atoms with E-state index in [0.717, 1.165) is 33.7 Å². The maximum Gasteiger partial charge on any atom is 0.189 e. The molecule has 0 saturated carbocycles. The van der Waals surface area contributed by atoms with Gasteiger partial charge in [-0.15, -0.1) is 5.10 Å². The SMILES string of the molecule is COc1ccc(-n2ncc3c2ncn2nc(COc4c(C)cccc4C)nc32)cc1. The molecule has 0 amide bonds. The van der Waals surface area contributed by atoms with Crippen LogP contribution in [0.3, 0.4) is 0 Å². The predicted molar refractivity (Wildman–Crippen MR) is 112 cm³/mol. The Morgan fingerprint density at radius 2 is 1.73 bits per heavy atom. The number of aromatic nitrogens is 6. The third-order valence-electron chi connectivity index (χ3n) is 5.02. The van der Waals surface area contributed by atoms with Crippen molar-refractivity contribution < 1.29 is 9.47 Å². The van der Waals surface area contributed by atoms with Gasteiger partial charge in [-0.3, -0.25) is 0 Å². The van der Waals surface area contributed by atoms with Crippen LogP contribution in [0, 0.1) is 13.8 Å². The van der Waals surface area contributed by atoms with E-state index in [2.05, 4.69) is 20.2 Å². The zero-order valence-electron chi connectivity index (χ0n) is 16.9. The quantitative estimate of drug-likeness (QED) is 0.448. The van der Waals surface area contributed by atoms with Crippen LogP contribution < -0.4 is 9.47 Å². The molecule has 0 atom stereocenters. The second-order valence-corrected chi connectivity index (χ2v) is 7.04. The summed E-state index contributed by atoms with van der Waals surface area (Å²) in [5.74, 6) is 2.24. The van der Waals surface area contributed by atoms with Gasteiger partial charge in [0, 0.05) is 0 Å². The Labute approximate surface area is 172 Å². The summed E-state index contributed by atoms with van der Waals surface area (Å²) in [5.41, 5.74) is 4.47. The molecule has 3 aromatic heterocycles. The fourth-order valence-corrected chi connectivity index (χ4v) is 3.50. The summed E-state index contributed by atoms with van der Waals surface area (Å²) in [6, 6.07) is 13.7. The van der Waals surface area contributed by atoms with Gasteiger partial charge in [0.1, 0.15) is 24.4 Å². The predicted octanol–water partition coefficient (Wildman–Crippen LogP) is 3.67. The summed E-state index contributed by atoms with van der Waals surface area (Å²) in [7, 11) is 1.64. The minimum Gasteiger partial charge on any atom is -0.497 e. The summed E-state index contributed by atoms with van der Waals surface area (Å²) in [6.45, 7) is 4.34. The lowest BCUT2D eigenvalue weighted by Gasteiger charge is -2.09. The average Bonchev–Trinajstić information content (AvgIpc) is 3.37. The van der Waals surface area contributed by atoms with Crippen molar-refractivity contribution in [2.24, 2.45) is 0 Å². The lowest BCUT2D eigenvalue weighted by Crippen LogP contribution is -2.01. The standard InChI is InChI=1S/C22H20N6O2/c1-14-5-4-6-15(2)20(14)30-12-19-25-22-18-11-24-28(21(18)23-13-27(22)26-19)16-7-9-17(29-3)10-8-16/h4-11,13H,12H2,1-3H3. The molecule has 0 bridgehead atoms. The normalized spacial score (nSPS) is 11.3. The van der Waals surface area contributed by atoms with Crippen LogP contribution >= 0.6 is 0 Å². The molecule has 2 aromatic carbocycles. The first-order valence-electron chi connectivity index (χ1n) is 9.55. The molecular formula is C22H20N6O2. The first-order chi connectivity index (χ1) is 14.6. The molecular weight excluding hydrogens is 380 g/mol. The molecule has 0 spiro atoms. The zero-order valence-corrected chi connectivity index (χ0v) is 16.9. The molecule has 150 valence electrons. The Morgan fingerprint density at radius 1 is 0.967 bits per heavy atom. The van der Waals surface area contributed by atoms with Crippen molar-refractivity contribution >= 4 is 16.7 Å². The van der Waals surface area contributed by atoms with Crippen LogP contribution in [0.4, 0.5) is 0 Å². The van der Waals surface area contributed by atoms with E-state index in [1.54, 1.807) is 28.8 Å². The van der Waals surface area contributed by atoms with E-state index in [9.17, 15) is 0 Å².